The van der Waals surface area contributed by atoms with Gasteiger partial charge in [0.1, 0.15) is 5.75 Å². The van der Waals surface area contributed by atoms with Crippen LogP contribution >= 0.6 is 0 Å². The Morgan fingerprint density at radius 3 is 2.29 bits per heavy atom. The summed E-state index contributed by atoms with van der Waals surface area (Å²) in [5.41, 5.74) is 1.38. The first-order valence-electron chi connectivity index (χ1n) is 6.58. The quantitative estimate of drug-likeness (QED) is 0.782. The molecule has 1 aromatic carbocycles. The molecule has 1 N–H and O–H groups in total. The molecule has 0 aliphatic heterocycles. The minimum absolute atomic E-state index is 0.245. The summed E-state index contributed by atoms with van der Waals surface area (Å²) in [6, 6.07) is 9.09. The number of ether oxygens (including phenoxy) is 1. The molecular weight excluding hydrogens is 210 g/mol. The molecule has 0 saturated carbocycles. The minimum atomic E-state index is 0.245. The van der Waals surface area contributed by atoms with Gasteiger partial charge in [-0.15, -0.1) is 0 Å². The van der Waals surface area contributed by atoms with E-state index in [0.29, 0.717) is 6.04 Å². The molecule has 0 saturated heterocycles. The first-order chi connectivity index (χ1) is 8.15. The van der Waals surface area contributed by atoms with Crippen molar-refractivity contribution in [2.24, 2.45) is 0 Å². The molecule has 0 radical (unpaired) electrons. The Kier molecular flexibility index (Phi) is 6.06. The zero-order chi connectivity index (χ0) is 12.7. The van der Waals surface area contributed by atoms with Crippen LogP contribution in [0.15, 0.2) is 24.3 Å². The van der Waals surface area contributed by atoms with Crippen LogP contribution in [0.25, 0.3) is 0 Å². The molecule has 2 nitrogen and oxygen atoms in total. The van der Waals surface area contributed by atoms with E-state index < -0.39 is 0 Å². The smallest absolute Gasteiger partial charge is 0.119 e. The van der Waals surface area contributed by atoms with Crippen molar-refractivity contribution in [2.45, 2.75) is 52.2 Å². The second kappa shape index (κ2) is 7.33. The van der Waals surface area contributed by atoms with E-state index in [1.807, 2.05) is 20.9 Å². The van der Waals surface area contributed by atoms with Gasteiger partial charge in [-0.1, -0.05) is 19.1 Å². The van der Waals surface area contributed by atoms with E-state index in [2.05, 4.69) is 36.5 Å². The Balaban J connectivity index is 2.45. The third-order valence-electron chi connectivity index (χ3n) is 2.98. The van der Waals surface area contributed by atoms with E-state index in [4.69, 9.17) is 4.74 Å². The van der Waals surface area contributed by atoms with Crippen molar-refractivity contribution < 1.29 is 4.74 Å². The molecule has 0 heterocycles. The Labute approximate surface area is 105 Å². The van der Waals surface area contributed by atoms with Gasteiger partial charge in [-0.3, -0.25) is 0 Å². The Hall–Kier alpha value is -1.02. The summed E-state index contributed by atoms with van der Waals surface area (Å²) >= 11 is 0. The van der Waals surface area contributed by atoms with Crippen molar-refractivity contribution in [3.05, 3.63) is 29.8 Å². The summed E-state index contributed by atoms with van der Waals surface area (Å²) in [7, 11) is 2.04. The van der Waals surface area contributed by atoms with Crippen LogP contribution in [0, 0.1) is 0 Å². The summed E-state index contributed by atoms with van der Waals surface area (Å²) in [6.07, 6.45) is 3.75. The van der Waals surface area contributed by atoms with Gasteiger partial charge < -0.3 is 10.1 Å². The fraction of sp³-hybridized carbons (Fsp3) is 0.600. The minimum Gasteiger partial charge on any atom is -0.491 e. The first kappa shape index (κ1) is 14.0. The molecule has 1 aromatic rings. The van der Waals surface area contributed by atoms with Crippen molar-refractivity contribution in [1.82, 2.24) is 5.32 Å². The van der Waals surface area contributed by atoms with Crippen LogP contribution in [0.3, 0.4) is 0 Å². The lowest BCUT2D eigenvalue weighted by atomic mass is 10.0. The zero-order valence-corrected chi connectivity index (χ0v) is 11.5. The fourth-order valence-electron chi connectivity index (χ4n) is 1.90. The van der Waals surface area contributed by atoms with Gasteiger partial charge in [0, 0.05) is 6.04 Å². The van der Waals surface area contributed by atoms with E-state index in [1.165, 1.54) is 18.4 Å². The van der Waals surface area contributed by atoms with Crippen molar-refractivity contribution in [2.75, 3.05) is 7.05 Å². The van der Waals surface area contributed by atoms with Crippen LogP contribution in [-0.2, 0) is 6.42 Å². The average Bonchev–Trinajstić information content (AvgIpc) is 2.32. The number of hydrogen-bond acceptors (Lipinski definition) is 2. The van der Waals surface area contributed by atoms with Gasteiger partial charge in [0.05, 0.1) is 6.10 Å². The number of benzene rings is 1. The second-order valence-corrected chi connectivity index (χ2v) is 4.74. The van der Waals surface area contributed by atoms with Crippen molar-refractivity contribution >= 4 is 0 Å². The molecule has 17 heavy (non-hydrogen) atoms. The third-order valence-corrected chi connectivity index (χ3v) is 2.98. The van der Waals surface area contributed by atoms with Gasteiger partial charge in [-0.05, 0) is 57.9 Å². The Bertz CT molecular complexity index is 301. The SMILES string of the molecule is CCC(CCc1ccc(OC(C)C)cc1)NC. The summed E-state index contributed by atoms with van der Waals surface area (Å²) < 4.78 is 5.62. The molecule has 96 valence electrons. The molecule has 2 heteroatoms. The molecule has 1 atom stereocenters. The van der Waals surface area contributed by atoms with Gasteiger partial charge in [-0.25, -0.2) is 0 Å². The lowest BCUT2D eigenvalue weighted by Gasteiger charge is -2.14. The highest BCUT2D eigenvalue weighted by molar-refractivity contribution is 5.27. The van der Waals surface area contributed by atoms with E-state index in [9.17, 15) is 0 Å². The molecular formula is C15H25NO. The topological polar surface area (TPSA) is 21.3 Å². The first-order valence-corrected chi connectivity index (χ1v) is 6.58. The Morgan fingerprint density at radius 1 is 1.18 bits per heavy atom. The second-order valence-electron chi connectivity index (χ2n) is 4.74. The van der Waals surface area contributed by atoms with Crippen LogP contribution in [0.1, 0.15) is 39.2 Å². The number of aryl methyl sites for hydroxylation is 1. The molecule has 0 spiro atoms. The monoisotopic (exact) mass is 235 g/mol. The molecule has 0 aliphatic carbocycles. The van der Waals surface area contributed by atoms with Crippen molar-refractivity contribution in [1.29, 1.82) is 0 Å². The van der Waals surface area contributed by atoms with Gasteiger partial charge in [0.15, 0.2) is 0 Å². The molecule has 1 unspecified atom stereocenters. The van der Waals surface area contributed by atoms with E-state index in [-0.39, 0.29) is 6.10 Å². The van der Waals surface area contributed by atoms with Gasteiger partial charge in [0.25, 0.3) is 0 Å². The predicted octanol–water partition coefficient (Wildman–Crippen LogP) is 3.40. The average molecular weight is 235 g/mol. The number of hydrogen-bond donors (Lipinski definition) is 1. The van der Waals surface area contributed by atoms with Crippen LogP contribution in [0.5, 0.6) is 5.75 Å². The summed E-state index contributed by atoms with van der Waals surface area (Å²) in [5, 5.41) is 3.33. The maximum absolute atomic E-state index is 5.62. The maximum Gasteiger partial charge on any atom is 0.119 e. The van der Waals surface area contributed by atoms with Gasteiger partial charge >= 0.3 is 0 Å². The highest BCUT2D eigenvalue weighted by Gasteiger charge is 2.03. The normalized spacial score (nSPS) is 12.8. The van der Waals surface area contributed by atoms with E-state index >= 15 is 0 Å². The molecule has 0 amide bonds. The van der Waals surface area contributed by atoms with E-state index in [0.717, 1.165) is 12.2 Å². The lowest BCUT2D eigenvalue weighted by Crippen LogP contribution is -2.24. The number of nitrogens with one attached hydrogen (secondary N) is 1. The fourth-order valence-corrected chi connectivity index (χ4v) is 1.90. The maximum atomic E-state index is 5.62. The summed E-state index contributed by atoms with van der Waals surface area (Å²) in [5.74, 6) is 0.962. The zero-order valence-electron chi connectivity index (χ0n) is 11.5. The molecule has 1 rings (SSSR count). The highest BCUT2D eigenvalue weighted by Crippen LogP contribution is 2.15. The van der Waals surface area contributed by atoms with Crippen LogP contribution in [0.2, 0.25) is 0 Å². The largest absolute Gasteiger partial charge is 0.491 e. The molecule has 0 fully saturated rings. The molecule has 0 aliphatic rings. The summed E-state index contributed by atoms with van der Waals surface area (Å²) in [6.45, 7) is 6.32. The van der Waals surface area contributed by atoms with Crippen molar-refractivity contribution in [3.63, 3.8) is 0 Å². The highest BCUT2D eigenvalue weighted by atomic mass is 16.5. The third kappa shape index (κ3) is 5.22. The molecule has 0 aromatic heterocycles. The molecule has 0 bridgehead atoms. The Morgan fingerprint density at radius 2 is 1.82 bits per heavy atom. The van der Waals surface area contributed by atoms with Crippen LogP contribution < -0.4 is 10.1 Å². The standard InChI is InChI=1S/C15H25NO/c1-5-14(16-4)9-6-13-7-10-15(11-8-13)17-12(2)3/h7-8,10-12,14,16H,5-6,9H2,1-4H3. The van der Waals surface area contributed by atoms with Crippen molar-refractivity contribution in [3.8, 4) is 5.75 Å². The van der Waals surface area contributed by atoms with Crippen LogP contribution in [-0.4, -0.2) is 19.2 Å². The number of rotatable bonds is 7. The van der Waals surface area contributed by atoms with E-state index in [1.54, 1.807) is 0 Å². The predicted molar refractivity (Wildman–Crippen MR) is 73.7 cm³/mol. The lowest BCUT2D eigenvalue weighted by molar-refractivity contribution is 0.242. The van der Waals surface area contributed by atoms with Crippen LogP contribution in [0.4, 0.5) is 0 Å². The van der Waals surface area contributed by atoms with Gasteiger partial charge in [-0.2, -0.15) is 0 Å². The summed E-state index contributed by atoms with van der Waals surface area (Å²) in [4.78, 5) is 0. The van der Waals surface area contributed by atoms with Gasteiger partial charge in [0.2, 0.25) is 0 Å².